The molecule has 0 unspecified atom stereocenters. The molecule has 10 nitrogen and oxygen atoms in total. The molecular formula is C32H36FN5O5S. The first-order valence-electron chi connectivity index (χ1n) is 15.0. The molecule has 2 aromatic carbocycles. The number of rotatable bonds is 6. The van der Waals surface area contributed by atoms with Crippen LogP contribution in [0.4, 0.5) is 10.1 Å². The predicted molar refractivity (Wildman–Crippen MR) is 164 cm³/mol. The number of allylic oxidation sites excluding steroid dienone is 1. The molecule has 3 aromatic rings. The van der Waals surface area contributed by atoms with Crippen molar-refractivity contribution in [3.05, 3.63) is 66.5 Å². The van der Waals surface area contributed by atoms with Gasteiger partial charge in [0, 0.05) is 18.0 Å². The Kier molecular flexibility index (Phi) is 8.81. The SMILES string of the molecule is CONC(=O)[C@@]12C[C@@H]1/C=C\CCCCC[C@H](Nc1ccccc1)C(=O)N1C[C@H](Oc3nc4ccc(F)cc4s3)C[C@H]1C(=O)N2. The number of aromatic nitrogens is 1. The van der Waals surface area contributed by atoms with Gasteiger partial charge in [-0.2, -0.15) is 0 Å². The van der Waals surface area contributed by atoms with E-state index in [4.69, 9.17) is 9.57 Å². The van der Waals surface area contributed by atoms with Gasteiger partial charge in [-0.1, -0.05) is 54.5 Å². The molecule has 3 aliphatic rings. The number of thiazole rings is 1. The van der Waals surface area contributed by atoms with Crippen molar-refractivity contribution in [1.29, 1.82) is 0 Å². The number of halogens is 1. The van der Waals surface area contributed by atoms with Crippen LogP contribution in [-0.4, -0.2) is 65.0 Å². The van der Waals surface area contributed by atoms with Crippen LogP contribution in [0.1, 0.15) is 44.9 Å². The van der Waals surface area contributed by atoms with Gasteiger partial charge >= 0.3 is 0 Å². The number of hydroxylamine groups is 1. The molecule has 2 fully saturated rings. The van der Waals surface area contributed by atoms with Crippen LogP contribution in [0.25, 0.3) is 10.2 Å². The maximum atomic E-state index is 14.3. The molecule has 1 saturated carbocycles. The molecule has 232 valence electrons. The Balaban J connectivity index is 1.29. The maximum absolute atomic E-state index is 14.3. The van der Waals surface area contributed by atoms with E-state index >= 15 is 0 Å². The van der Waals surface area contributed by atoms with E-state index in [0.29, 0.717) is 28.3 Å². The number of benzene rings is 2. The molecule has 1 aliphatic carbocycles. The van der Waals surface area contributed by atoms with Gasteiger partial charge in [-0.3, -0.25) is 19.2 Å². The molecule has 44 heavy (non-hydrogen) atoms. The van der Waals surface area contributed by atoms with Gasteiger partial charge in [0.15, 0.2) is 0 Å². The molecule has 12 heteroatoms. The summed E-state index contributed by atoms with van der Waals surface area (Å²) in [5.74, 6) is -1.60. The van der Waals surface area contributed by atoms with Crippen molar-refractivity contribution in [3.63, 3.8) is 0 Å². The molecule has 1 aromatic heterocycles. The Morgan fingerprint density at radius 3 is 2.82 bits per heavy atom. The highest BCUT2D eigenvalue weighted by Gasteiger charge is 2.61. The van der Waals surface area contributed by atoms with E-state index in [9.17, 15) is 18.8 Å². The van der Waals surface area contributed by atoms with E-state index in [1.54, 1.807) is 11.0 Å². The van der Waals surface area contributed by atoms with Crippen molar-refractivity contribution in [1.82, 2.24) is 20.7 Å². The highest BCUT2D eigenvalue weighted by molar-refractivity contribution is 7.20. The molecule has 3 N–H and O–H groups in total. The van der Waals surface area contributed by atoms with Crippen LogP contribution in [0.3, 0.4) is 0 Å². The average molecular weight is 622 g/mol. The van der Waals surface area contributed by atoms with E-state index < -0.39 is 35.5 Å². The zero-order valence-corrected chi connectivity index (χ0v) is 25.3. The molecule has 3 heterocycles. The number of fused-ring (bicyclic) bond motifs is 3. The number of carbonyl (C=O) groups excluding carboxylic acids is 3. The number of ether oxygens (including phenoxy) is 1. The quantitative estimate of drug-likeness (QED) is 0.277. The van der Waals surface area contributed by atoms with Gasteiger partial charge in [0.25, 0.3) is 11.1 Å². The third kappa shape index (κ3) is 6.41. The monoisotopic (exact) mass is 621 g/mol. The zero-order chi connectivity index (χ0) is 30.7. The van der Waals surface area contributed by atoms with E-state index in [2.05, 4.69) is 27.2 Å². The normalized spacial score (nSPS) is 28.2. The summed E-state index contributed by atoms with van der Waals surface area (Å²) in [7, 11) is 1.35. The number of anilines is 1. The Hall–Kier alpha value is -4.03. The van der Waals surface area contributed by atoms with Crippen molar-refractivity contribution in [2.45, 2.75) is 68.7 Å². The molecule has 2 aliphatic heterocycles. The van der Waals surface area contributed by atoms with Gasteiger partial charge in [0.05, 0.1) is 23.9 Å². The number of nitrogens with one attached hydrogen (secondary N) is 3. The lowest BCUT2D eigenvalue weighted by Crippen LogP contribution is -2.56. The molecule has 0 radical (unpaired) electrons. The summed E-state index contributed by atoms with van der Waals surface area (Å²) in [6.45, 7) is 0.161. The van der Waals surface area contributed by atoms with Gasteiger partial charge in [-0.15, -0.1) is 0 Å². The number of amides is 3. The van der Waals surface area contributed by atoms with Crippen molar-refractivity contribution >= 4 is 45.0 Å². The largest absolute Gasteiger partial charge is 0.465 e. The fourth-order valence-electron chi connectivity index (χ4n) is 6.16. The summed E-state index contributed by atoms with van der Waals surface area (Å²) >= 11 is 1.21. The van der Waals surface area contributed by atoms with Crippen LogP contribution >= 0.6 is 11.3 Å². The van der Waals surface area contributed by atoms with Crippen molar-refractivity contribution in [3.8, 4) is 5.19 Å². The molecule has 5 atom stereocenters. The molecule has 3 amide bonds. The third-order valence-electron chi connectivity index (χ3n) is 8.55. The lowest BCUT2D eigenvalue weighted by atomic mass is 10.0. The summed E-state index contributed by atoms with van der Waals surface area (Å²) in [6, 6.07) is 12.5. The Morgan fingerprint density at radius 2 is 2.00 bits per heavy atom. The summed E-state index contributed by atoms with van der Waals surface area (Å²) in [4.78, 5) is 52.3. The first kappa shape index (κ1) is 30.0. The van der Waals surface area contributed by atoms with Crippen LogP contribution < -0.4 is 20.9 Å². The maximum Gasteiger partial charge on any atom is 0.274 e. The van der Waals surface area contributed by atoms with Gasteiger partial charge < -0.3 is 20.3 Å². The van der Waals surface area contributed by atoms with Gasteiger partial charge in [-0.25, -0.2) is 14.9 Å². The Morgan fingerprint density at radius 1 is 1.16 bits per heavy atom. The second-order valence-corrected chi connectivity index (χ2v) is 12.6. The zero-order valence-electron chi connectivity index (χ0n) is 24.5. The van der Waals surface area contributed by atoms with Crippen LogP contribution in [0.5, 0.6) is 5.19 Å². The number of carbonyl (C=O) groups is 3. The van der Waals surface area contributed by atoms with Crippen molar-refractivity contribution < 1.29 is 28.3 Å². The summed E-state index contributed by atoms with van der Waals surface area (Å²) < 4.78 is 20.6. The highest BCUT2D eigenvalue weighted by Crippen LogP contribution is 2.45. The van der Waals surface area contributed by atoms with Crippen LogP contribution in [0, 0.1) is 11.7 Å². The molecule has 0 spiro atoms. The highest BCUT2D eigenvalue weighted by atomic mass is 32.1. The topological polar surface area (TPSA) is 122 Å². The summed E-state index contributed by atoms with van der Waals surface area (Å²) in [6.07, 6.45) is 8.35. The molecule has 0 bridgehead atoms. The standard InChI is InChI=1S/C32H36FN5O5S/c1-42-37-30(41)32-18-20(32)10-6-3-2-4-9-13-25(34-22-11-7-5-8-12-22)29(40)38-19-23(17-26(38)28(39)36-32)43-31-35-24-15-14-21(33)16-27(24)44-31/h5-8,10-12,14-16,20,23,25-26,34H,2-4,9,13,17-19H2,1H3,(H,36,39)(H,37,41)/b10-6-/t20-,23+,25-,26-,32+/m0/s1. The number of para-hydroxylation sites is 1. The number of nitrogens with zero attached hydrogens (tertiary/aromatic N) is 2. The minimum Gasteiger partial charge on any atom is -0.465 e. The molecular weight excluding hydrogens is 585 g/mol. The lowest BCUT2D eigenvalue weighted by Gasteiger charge is -2.30. The summed E-state index contributed by atoms with van der Waals surface area (Å²) in [5, 5.41) is 6.72. The van der Waals surface area contributed by atoms with E-state index in [-0.39, 0.29) is 30.6 Å². The van der Waals surface area contributed by atoms with Crippen molar-refractivity contribution in [2.75, 3.05) is 19.0 Å². The Bertz CT molecular complexity index is 1550. The van der Waals surface area contributed by atoms with E-state index in [1.165, 1.54) is 30.6 Å². The fourth-order valence-corrected chi connectivity index (χ4v) is 7.06. The van der Waals surface area contributed by atoms with E-state index in [0.717, 1.165) is 31.4 Å². The van der Waals surface area contributed by atoms with Crippen molar-refractivity contribution in [2.24, 2.45) is 5.92 Å². The third-order valence-corrected chi connectivity index (χ3v) is 9.46. The first-order valence-corrected chi connectivity index (χ1v) is 15.8. The minimum atomic E-state index is -1.16. The van der Waals surface area contributed by atoms with Gasteiger partial charge in [0.2, 0.25) is 11.8 Å². The summed E-state index contributed by atoms with van der Waals surface area (Å²) in [5.41, 5.74) is 2.66. The second kappa shape index (κ2) is 12.9. The van der Waals surface area contributed by atoms with E-state index in [1.807, 2.05) is 36.4 Å². The predicted octanol–water partition coefficient (Wildman–Crippen LogP) is 4.34. The number of hydrogen-bond acceptors (Lipinski definition) is 8. The second-order valence-electron chi connectivity index (χ2n) is 11.6. The minimum absolute atomic E-state index is 0.161. The fraction of sp³-hybridized carbons (Fsp3) is 0.438. The molecule has 6 rings (SSSR count). The van der Waals surface area contributed by atoms with Crippen LogP contribution in [-0.2, 0) is 19.2 Å². The first-order chi connectivity index (χ1) is 21.4. The Labute approximate surface area is 258 Å². The average Bonchev–Trinajstić information content (AvgIpc) is 3.32. The van der Waals surface area contributed by atoms with Gasteiger partial charge in [0.1, 0.15) is 29.5 Å². The lowest BCUT2D eigenvalue weighted by molar-refractivity contribution is -0.142. The van der Waals surface area contributed by atoms with Crippen LogP contribution in [0.2, 0.25) is 0 Å². The number of hydrogen-bond donors (Lipinski definition) is 3. The molecule has 1 saturated heterocycles. The van der Waals surface area contributed by atoms with Gasteiger partial charge in [-0.05, 0) is 56.0 Å². The smallest absolute Gasteiger partial charge is 0.274 e. The van der Waals surface area contributed by atoms with Crippen LogP contribution in [0.15, 0.2) is 60.7 Å².